The van der Waals surface area contributed by atoms with Gasteiger partial charge in [0.2, 0.25) is 11.6 Å². The molecule has 0 spiro atoms. The Morgan fingerprint density at radius 1 is 0.889 bits per heavy atom. The molecule has 10 nitrogen and oxygen atoms in total. The molecule has 4 aromatic rings. The lowest BCUT2D eigenvalue weighted by Crippen LogP contribution is -2.13. The second kappa shape index (κ2) is 11.3. The number of anilines is 1. The van der Waals surface area contributed by atoms with Gasteiger partial charge in [-0.2, -0.15) is 4.98 Å². The highest BCUT2D eigenvalue weighted by atomic mass is 32.2. The molecule has 0 aliphatic heterocycles. The van der Waals surface area contributed by atoms with E-state index < -0.39 is 10.0 Å². The van der Waals surface area contributed by atoms with Gasteiger partial charge in [-0.05, 0) is 36.8 Å². The highest BCUT2D eigenvalue weighted by Crippen LogP contribution is 2.41. The maximum Gasteiger partial charge on any atom is 0.263 e. The van der Waals surface area contributed by atoms with Crippen molar-refractivity contribution in [3.05, 3.63) is 84.0 Å². The molecular weight excluding hydrogens is 482 g/mol. The summed E-state index contributed by atoms with van der Waals surface area (Å²) in [4.78, 5) is 17.0. The van der Waals surface area contributed by atoms with E-state index in [1.54, 1.807) is 42.5 Å². The number of nitrogens with one attached hydrogen (secondary N) is 1. The molecule has 36 heavy (non-hydrogen) atoms. The molecule has 11 heteroatoms. The fourth-order valence-electron chi connectivity index (χ4n) is 3.06. The molecule has 4 rings (SSSR count). The average molecular weight is 506 g/mol. The van der Waals surface area contributed by atoms with Gasteiger partial charge >= 0.3 is 0 Å². The first-order chi connectivity index (χ1) is 17.5. The van der Waals surface area contributed by atoms with Crippen molar-refractivity contribution in [1.29, 1.82) is 0 Å². The third kappa shape index (κ3) is 6.13. The topological polar surface area (TPSA) is 125 Å². The summed E-state index contributed by atoms with van der Waals surface area (Å²) >= 11 is 0. The quantitative estimate of drug-likeness (QED) is 0.330. The van der Waals surface area contributed by atoms with Crippen molar-refractivity contribution in [1.82, 2.24) is 19.9 Å². The molecule has 2 aromatic carbocycles. The van der Waals surface area contributed by atoms with E-state index in [0.717, 1.165) is 5.41 Å². The minimum Gasteiger partial charge on any atom is -0.490 e. The van der Waals surface area contributed by atoms with Gasteiger partial charge in [-0.15, -0.1) is 0 Å². The summed E-state index contributed by atoms with van der Waals surface area (Å²) < 4.78 is 45.5. The Hall–Kier alpha value is -4.51. The second-order valence-electron chi connectivity index (χ2n) is 7.15. The Balaban J connectivity index is 1.79. The highest BCUT2D eigenvalue weighted by molar-refractivity contribution is 7.95. The van der Waals surface area contributed by atoms with Crippen molar-refractivity contribution in [3.8, 4) is 34.8 Å². The lowest BCUT2D eigenvalue weighted by atomic mass is 10.2. The molecule has 0 aliphatic rings. The van der Waals surface area contributed by atoms with E-state index in [1.165, 1.54) is 25.6 Å². The second-order valence-corrected chi connectivity index (χ2v) is 8.72. The number of aromatic nitrogens is 4. The highest BCUT2D eigenvalue weighted by Gasteiger charge is 2.23. The summed E-state index contributed by atoms with van der Waals surface area (Å²) in [5.41, 5.74) is 0.712. The fraction of sp³-hybridized carbons (Fsp3) is 0.120. The van der Waals surface area contributed by atoms with Gasteiger partial charge in [0, 0.05) is 12.4 Å². The van der Waals surface area contributed by atoms with Crippen molar-refractivity contribution in [2.24, 2.45) is 0 Å². The molecule has 184 valence electrons. The number of benzene rings is 2. The number of para-hydroxylation sites is 2. The van der Waals surface area contributed by atoms with E-state index in [9.17, 15) is 8.42 Å². The van der Waals surface area contributed by atoms with Crippen molar-refractivity contribution in [2.45, 2.75) is 6.92 Å². The SMILES string of the molecule is CCOc1ccccc1Oc1c(NS(=O)(=O)C=Cc2ccccc2)nc(-c2ncccn2)nc1OC. The van der Waals surface area contributed by atoms with Crippen LogP contribution in [0.1, 0.15) is 12.5 Å². The van der Waals surface area contributed by atoms with E-state index in [1.807, 2.05) is 25.1 Å². The normalized spacial score (nSPS) is 11.3. The summed E-state index contributed by atoms with van der Waals surface area (Å²) in [6.07, 6.45) is 4.51. The van der Waals surface area contributed by atoms with Crippen LogP contribution in [0.25, 0.3) is 17.7 Å². The summed E-state index contributed by atoms with van der Waals surface area (Å²) in [5.74, 6) is 0.762. The van der Waals surface area contributed by atoms with E-state index in [0.29, 0.717) is 23.7 Å². The molecule has 0 fully saturated rings. The van der Waals surface area contributed by atoms with Gasteiger partial charge in [0.15, 0.2) is 23.1 Å². The Labute approximate surface area is 208 Å². The largest absolute Gasteiger partial charge is 0.490 e. The van der Waals surface area contributed by atoms with Crippen LogP contribution in [-0.2, 0) is 10.0 Å². The van der Waals surface area contributed by atoms with E-state index in [4.69, 9.17) is 14.2 Å². The summed E-state index contributed by atoms with van der Waals surface area (Å²) in [6, 6.07) is 17.6. The number of nitrogens with zero attached hydrogens (tertiary/aromatic N) is 4. The van der Waals surface area contributed by atoms with Crippen molar-refractivity contribution in [2.75, 3.05) is 18.4 Å². The predicted molar refractivity (Wildman–Crippen MR) is 135 cm³/mol. The molecule has 0 bridgehead atoms. The minimum absolute atomic E-state index is 0.0245. The van der Waals surface area contributed by atoms with Crippen LogP contribution in [0.15, 0.2) is 78.5 Å². The zero-order chi connectivity index (χ0) is 25.4. The maximum absolute atomic E-state index is 13.0. The van der Waals surface area contributed by atoms with Gasteiger partial charge in [0.1, 0.15) is 0 Å². The zero-order valence-electron chi connectivity index (χ0n) is 19.5. The van der Waals surface area contributed by atoms with Gasteiger partial charge in [0.25, 0.3) is 15.9 Å². The smallest absolute Gasteiger partial charge is 0.263 e. The molecule has 0 unspecified atom stereocenters. The number of hydrogen-bond donors (Lipinski definition) is 1. The summed E-state index contributed by atoms with van der Waals surface area (Å²) in [6.45, 7) is 2.25. The average Bonchev–Trinajstić information content (AvgIpc) is 2.90. The Kier molecular flexibility index (Phi) is 7.71. The number of hydrogen-bond acceptors (Lipinski definition) is 9. The number of methoxy groups -OCH3 is 1. The first-order valence-electron chi connectivity index (χ1n) is 10.9. The van der Waals surface area contributed by atoms with E-state index in [2.05, 4.69) is 24.7 Å². The lowest BCUT2D eigenvalue weighted by molar-refractivity contribution is 0.315. The Bertz CT molecular complexity index is 1450. The standard InChI is InChI=1S/C25H23N5O5S/c1-3-34-19-12-7-8-13-20(19)35-21-22(30-36(31,32)17-14-18-10-5-4-6-11-18)28-24(29-25(21)33-2)23-26-15-9-16-27-23/h4-17H,3H2,1-2H3,(H,28,29,30). The zero-order valence-corrected chi connectivity index (χ0v) is 20.3. The molecule has 1 N–H and O–H groups in total. The monoisotopic (exact) mass is 505 g/mol. The minimum atomic E-state index is -4.02. The molecule has 2 heterocycles. The van der Waals surface area contributed by atoms with Crippen molar-refractivity contribution in [3.63, 3.8) is 0 Å². The summed E-state index contributed by atoms with van der Waals surface area (Å²) in [5, 5.41) is 1.04. The Morgan fingerprint density at radius 2 is 1.58 bits per heavy atom. The molecule has 2 aromatic heterocycles. The van der Waals surface area contributed by atoms with Crippen molar-refractivity contribution >= 4 is 21.9 Å². The Morgan fingerprint density at radius 3 is 2.28 bits per heavy atom. The van der Waals surface area contributed by atoms with Crippen LogP contribution in [0, 0.1) is 0 Å². The summed E-state index contributed by atoms with van der Waals surface area (Å²) in [7, 11) is -2.64. The molecule has 0 atom stereocenters. The van der Waals surface area contributed by atoms with Crippen LogP contribution in [0.5, 0.6) is 23.1 Å². The third-order valence-corrected chi connectivity index (χ3v) is 5.61. The van der Waals surface area contributed by atoms with Crippen LogP contribution in [0.3, 0.4) is 0 Å². The van der Waals surface area contributed by atoms with Gasteiger partial charge < -0.3 is 14.2 Å². The third-order valence-electron chi connectivity index (χ3n) is 4.63. The maximum atomic E-state index is 13.0. The first kappa shape index (κ1) is 24.6. The first-order valence-corrected chi connectivity index (χ1v) is 12.4. The van der Waals surface area contributed by atoms with Crippen LogP contribution < -0.4 is 18.9 Å². The van der Waals surface area contributed by atoms with Crippen LogP contribution in [0.2, 0.25) is 0 Å². The van der Waals surface area contributed by atoms with Crippen LogP contribution >= 0.6 is 0 Å². The van der Waals surface area contributed by atoms with Gasteiger partial charge in [0.05, 0.1) is 19.1 Å². The molecule has 0 saturated heterocycles. The van der Waals surface area contributed by atoms with Crippen LogP contribution in [-0.4, -0.2) is 42.1 Å². The van der Waals surface area contributed by atoms with Gasteiger partial charge in [-0.1, -0.05) is 42.5 Å². The molecular formula is C25H23N5O5S. The van der Waals surface area contributed by atoms with Gasteiger partial charge in [-0.3, -0.25) is 4.72 Å². The van der Waals surface area contributed by atoms with Crippen molar-refractivity contribution < 1.29 is 22.6 Å². The number of sulfonamides is 1. The van der Waals surface area contributed by atoms with Crippen LogP contribution in [0.4, 0.5) is 5.82 Å². The fourth-order valence-corrected chi connectivity index (χ4v) is 3.88. The molecule has 0 aliphatic carbocycles. The van der Waals surface area contributed by atoms with E-state index in [-0.39, 0.29) is 29.1 Å². The number of ether oxygens (including phenoxy) is 3. The molecule has 0 amide bonds. The predicted octanol–water partition coefficient (Wildman–Crippen LogP) is 4.55. The van der Waals surface area contributed by atoms with Gasteiger partial charge in [-0.25, -0.2) is 23.4 Å². The lowest BCUT2D eigenvalue weighted by Gasteiger charge is -2.16. The van der Waals surface area contributed by atoms with E-state index >= 15 is 0 Å². The molecule has 0 saturated carbocycles. The number of rotatable bonds is 10. The molecule has 0 radical (unpaired) electrons.